The summed E-state index contributed by atoms with van der Waals surface area (Å²) in [7, 11) is 1.66. The van der Waals surface area contributed by atoms with Gasteiger partial charge in [-0.25, -0.2) is 0 Å². The second-order valence-electron chi connectivity index (χ2n) is 10.8. The van der Waals surface area contributed by atoms with E-state index in [0.717, 1.165) is 66.3 Å². The van der Waals surface area contributed by atoms with Crippen LogP contribution in [0.2, 0.25) is 0 Å². The monoisotopic (exact) mass is 603 g/mol. The molecule has 0 aliphatic carbocycles. The fraction of sp³-hybridized carbons (Fsp3) is 0.250. The summed E-state index contributed by atoms with van der Waals surface area (Å²) in [6, 6.07) is 39.5. The molecular formula is C36H37N5O2S. The van der Waals surface area contributed by atoms with Gasteiger partial charge in [0.2, 0.25) is 5.91 Å². The van der Waals surface area contributed by atoms with Gasteiger partial charge in [0, 0.05) is 49.6 Å². The molecule has 5 aromatic rings. The van der Waals surface area contributed by atoms with E-state index in [4.69, 9.17) is 4.74 Å². The van der Waals surface area contributed by atoms with Crippen molar-refractivity contribution in [3.8, 4) is 22.8 Å². The topological polar surface area (TPSA) is 63.5 Å². The molecule has 0 atom stereocenters. The molecule has 1 aliphatic heterocycles. The fourth-order valence-electron chi connectivity index (χ4n) is 5.78. The first kappa shape index (κ1) is 29.7. The van der Waals surface area contributed by atoms with Crippen molar-refractivity contribution in [3.63, 3.8) is 0 Å². The lowest BCUT2D eigenvalue weighted by molar-refractivity contribution is -0.133. The van der Waals surface area contributed by atoms with E-state index >= 15 is 0 Å². The summed E-state index contributed by atoms with van der Waals surface area (Å²) in [5.41, 5.74) is 4.50. The molecule has 7 nitrogen and oxygen atoms in total. The van der Waals surface area contributed by atoms with Gasteiger partial charge in [0.25, 0.3) is 0 Å². The van der Waals surface area contributed by atoms with Gasteiger partial charge in [0.05, 0.1) is 13.2 Å². The Labute approximate surface area is 263 Å². The third-order valence-electron chi connectivity index (χ3n) is 8.00. The van der Waals surface area contributed by atoms with Crippen molar-refractivity contribution in [2.75, 3.05) is 39.0 Å². The normalized spacial score (nSPS) is 13.7. The zero-order chi connectivity index (χ0) is 30.1. The number of carbonyl (C=O) groups is 1. The molecular weight excluding hydrogens is 566 g/mol. The van der Waals surface area contributed by atoms with Crippen molar-refractivity contribution < 1.29 is 9.53 Å². The summed E-state index contributed by atoms with van der Waals surface area (Å²) in [5, 5.41) is 9.90. The first-order chi connectivity index (χ1) is 21.7. The molecule has 0 unspecified atom stereocenters. The maximum Gasteiger partial charge on any atom is 0.222 e. The fourth-order valence-corrected chi connectivity index (χ4v) is 6.67. The van der Waals surface area contributed by atoms with E-state index in [-0.39, 0.29) is 11.9 Å². The van der Waals surface area contributed by atoms with Crippen LogP contribution >= 0.6 is 11.8 Å². The molecule has 1 amide bonds. The highest BCUT2D eigenvalue weighted by molar-refractivity contribution is 7.99. The predicted octanol–water partition coefficient (Wildman–Crippen LogP) is 6.75. The smallest absolute Gasteiger partial charge is 0.222 e. The second-order valence-corrected chi connectivity index (χ2v) is 11.9. The van der Waals surface area contributed by atoms with E-state index in [1.807, 2.05) is 47.4 Å². The molecule has 0 saturated carbocycles. The predicted molar refractivity (Wildman–Crippen MR) is 176 cm³/mol. The highest BCUT2D eigenvalue weighted by Crippen LogP contribution is 2.31. The van der Waals surface area contributed by atoms with E-state index in [2.05, 4.69) is 92.5 Å². The van der Waals surface area contributed by atoms with Crippen LogP contribution in [0.3, 0.4) is 0 Å². The number of ether oxygens (including phenoxy) is 1. The lowest BCUT2D eigenvalue weighted by atomic mass is 9.96. The zero-order valence-corrected chi connectivity index (χ0v) is 25.8. The maximum atomic E-state index is 13.2. The Kier molecular flexibility index (Phi) is 9.70. The number of hydrogen-bond donors (Lipinski definition) is 0. The highest BCUT2D eigenvalue weighted by atomic mass is 32.2. The summed E-state index contributed by atoms with van der Waals surface area (Å²) in [4.78, 5) is 17.7. The van der Waals surface area contributed by atoms with Crippen LogP contribution in [0, 0.1) is 0 Å². The number of amides is 1. The van der Waals surface area contributed by atoms with E-state index in [1.165, 1.54) is 11.1 Å². The molecule has 4 aromatic carbocycles. The molecule has 1 aliphatic rings. The quantitative estimate of drug-likeness (QED) is 0.123. The molecule has 1 saturated heterocycles. The zero-order valence-electron chi connectivity index (χ0n) is 25.0. The largest absolute Gasteiger partial charge is 0.497 e. The lowest BCUT2D eigenvalue weighted by Crippen LogP contribution is -2.49. The molecule has 1 aromatic heterocycles. The number of thioether (sulfide) groups is 1. The van der Waals surface area contributed by atoms with Gasteiger partial charge in [0.15, 0.2) is 11.0 Å². The van der Waals surface area contributed by atoms with Gasteiger partial charge in [0.1, 0.15) is 5.75 Å². The van der Waals surface area contributed by atoms with Crippen molar-refractivity contribution in [3.05, 3.63) is 126 Å². The molecule has 8 heteroatoms. The Hall–Kier alpha value is -4.40. The molecule has 44 heavy (non-hydrogen) atoms. The van der Waals surface area contributed by atoms with Crippen LogP contribution in [-0.2, 0) is 4.79 Å². The Morgan fingerprint density at radius 1 is 0.795 bits per heavy atom. The minimum absolute atomic E-state index is 0.190. The highest BCUT2D eigenvalue weighted by Gasteiger charge is 2.28. The van der Waals surface area contributed by atoms with Crippen molar-refractivity contribution in [2.24, 2.45) is 0 Å². The third kappa shape index (κ3) is 6.87. The molecule has 0 bridgehead atoms. The second kappa shape index (κ2) is 14.4. The third-order valence-corrected chi connectivity index (χ3v) is 9.02. The van der Waals surface area contributed by atoms with Crippen LogP contribution in [0.25, 0.3) is 17.1 Å². The number of carbonyl (C=O) groups excluding carboxylic acids is 1. The minimum Gasteiger partial charge on any atom is -0.497 e. The Morgan fingerprint density at radius 2 is 1.43 bits per heavy atom. The molecule has 6 rings (SSSR count). The summed E-state index contributed by atoms with van der Waals surface area (Å²) in [6.45, 7) is 3.19. The SMILES string of the molecule is COc1cccc(-c2nnc(SCCCC(=O)N3CCN(C(c4ccccc4)c4ccccc4)CC3)n2-c2ccccc2)c1. The van der Waals surface area contributed by atoms with E-state index < -0.39 is 0 Å². The maximum absolute atomic E-state index is 13.2. The van der Waals surface area contributed by atoms with Gasteiger partial charge in [-0.15, -0.1) is 10.2 Å². The minimum atomic E-state index is 0.190. The summed E-state index contributed by atoms with van der Waals surface area (Å²) in [6.07, 6.45) is 1.30. The van der Waals surface area contributed by atoms with Gasteiger partial charge in [-0.1, -0.05) is 103 Å². The van der Waals surface area contributed by atoms with Crippen LogP contribution < -0.4 is 4.74 Å². The van der Waals surface area contributed by atoms with Crippen molar-refractivity contribution in [1.29, 1.82) is 0 Å². The van der Waals surface area contributed by atoms with E-state index in [9.17, 15) is 4.79 Å². The molecule has 0 N–H and O–H groups in total. The van der Waals surface area contributed by atoms with Crippen molar-refractivity contribution in [1.82, 2.24) is 24.6 Å². The number of nitrogens with zero attached hydrogens (tertiary/aromatic N) is 5. The molecule has 2 heterocycles. The Bertz CT molecular complexity index is 1600. The van der Waals surface area contributed by atoms with E-state index in [1.54, 1.807) is 18.9 Å². The van der Waals surface area contributed by atoms with Gasteiger partial charge < -0.3 is 9.64 Å². The Morgan fingerprint density at radius 3 is 2.07 bits per heavy atom. The van der Waals surface area contributed by atoms with E-state index in [0.29, 0.717) is 6.42 Å². The molecule has 0 spiro atoms. The van der Waals surface area contributed by atoms with Gasteiger partial charge in [-0.05, 0) is 41.8 Å². The van der Waals surface area contributed by atoms with Crippen molar-refractivity contribution >= 4 is 17.7 Å². The first-order valence-corrected chi connectivity index (χ1v) is 16.1. The van der Waals surface area contributed by atoms with Crippen molar-refractivity contribution in [2.45, 2.75) is 24.0 Å². The number of aromatic nitrogens is 3. The standard InChI is InChI=1S/C36H37N5O2S/c1-43-32-20-11-17-30(27-32)35-37-38-36(41(35)31-18-9-4-10-19-31)44-26-12-21-33(42)39-22-24-40(25-23-39)34(28-13-5-2-6-14-28)29-15-7-3-8-16-29/h2-11,13-20,27,34H,12,21-26H2,1H3. The van der Waals surface area contributed by atoms with Gasteiger partial charge >= 0.3 is 0 Å². The summed E-state index contributed by atoms with van der Waals surface area (Å²) in [5.74, 6) is 2.53. The van der Waals surface area contributed by atoms with Gasteiger partial charge in [-0.3, -0.25) is 14.3 Å². The summed E-state index contributed by atoms with van der Waals surface area (Å²) >= 11 is 1.63. The van der Waals surface area contributed by atoms with Crippen LogP contribution in [0.4, 0.5) is 0 Å². The number of hydrogen-bond acceptors (Lipinski definition) is 6. The number of para-hydroxylation sites is 1. The van der Waals surface area contributed by atoms with Crippen LogP contribution in [-0.4, -0.2) is 69.5 Å². The van der Waals surface area contributed by atoms with Crippen LogP contribution in [0.15, 0.2) is 120 Å². The van der Waals surface area contributed by atoms with Gasteiger partial charge in [-0.2, -0.15) is 0 Å². The molecule has 224 valence electrons. The summed E-state index contributed by atoms with van der Waals surface area (Å²) < 4.78 is 7.52. The first-order valence-electron chi connectivity index (χ1n) is 15.1. The Balaban J connectivity index is 1.06. The average Bonchev–Trinajstić information content (AvgIpc) is 3.52. The number of benzene rings is 4. The van der Waals surface area contributed by atoms with Crippen LogP contribution in [0.5, 0.6) is 5.75 Å². The number of methoxy groups -OCH3 is 1. The average molecular weight is 604 g/mol. The number of piperazine rings is 1. The van der Waals surface area contributed by atoms with Crippen LogP contribution in [0.1, 0.15) is 30.0 Å². The molecule has 1 fully saturated rings. The molecule has 0 radical (unpaired) electrons. The lowest BCUT2D eigenvalue weighted by Gasteiger charge is -2.40. The number of rotatable bonds is 11.